The van der Waals surface area contributed by atoms with Crippen molar-refractivity contribution in [3.05, 3.63) is 94.0 Å². The lowest BCUT2D eigenvalue weighted by molar-refractivity contribution is 0.403. The van der Waals surface area contributed by atoms with E-state index in [-0.39, 0.29) is 32.5 Å². The smallest absolute Gasteiger partial charge is 0.0634 e. The van der Waals surface area contributed by atoms with Gasteiger partial charge < -0.3 is 8.80 Å². The summed E-state index contributed by atoms with van der Waals surface area (Å²) in [6.07, 6.45) is 2.33. The van der Waals surface area contributed by atoms with Crippen LogP contribution in [0.5, 0.6) is 0 Å². The van der Waals surface area contributed by atoms with Gasteiger partial charge in [-0.05, 0) is 115 Å². The van der Waals surface area contributed by atoms with E-state index in [1.807, 2.05) is 0 Å². The maximum atomic E-state index is 2.70. The van der Waals surface area contributed by atoms with E-state index in [2.05, 4.69) is 166 Å². The van der Waals surface area contributed by atoms with Gasteiger partial charge in [-0.1, -0.05) is 121 Å². The van der Waals surface area contributed by atoms with E-state index in [1.54, 1.807) is 0 Å². The molecule has 0 saturated carbocycles. The lowest BCUT2D eigenvalue weighted by Crippen LogP contribution is -2.18. The molecule has 4 heterocycles. The molecular formula is C52H56N2. The van der Waals surface area contributed by atoms with Crippen LogP contribution in [0.1, 0.15) is 143 Å². The average molecular weight is 709 g/mol. The molecule has 4 aromatic heterocycles. The minimum Gasteiger partial charge on any atom is -0.308 e. The highest BCUT2D eigenvalue weighted by Crippen LogP contribution is 2.57. The van der Waals surface area contributed by atoms with E-state index in [0.717, 1.165) is 12.8 Å². The molecular weight excluding hydrogens is 653 g/mol. The van der Waals surface area contributed by atoms with Crippen LogP contribution in [0.4, 0.5) is 0 Å². The number of rotatable bonds is 0. The first-order valence-electron chi connectivity index (χ1n) is 20.5. The summed E-state index contributed by atoms with van der Waals surface area (Å²) in [6.45, 7) is 33.8. The first-order chi connectivity index (χ1) is 25.0. The van der Waals surface area contributed by atoms with Gasteiger partial charge in [0.1, 0.15) is 0 Å². The first kappa shape index (κ1) is 33.1. The number of benzene rings is 5. The summed E-state index contributed by atoms with van der Waals surface area (Å²) < 4.78 is 5.40. The zero-order valence-electron chi connectivity index (χ0n) is 35.1. The number of fused-ring (bicyclic) bond motifs is 16. The highest BCUT2D eigenvalue weighted by Gasteiger charge is 2.44. The van der Waals surface area contributed by atoms with Crippen molar-refractivity contribution in [1.82, 2.24) is 8.80 Å². The fraction of sp³-hybridized carbons (Fsp3) is 0.423. The minimum absolute atomic E-state index is 0.0454. The molecule has 0 amide bonds. The van der Waals surface area contributed by atoms with Gasteiger partial charge in [-0.3, -0.25) is 0 Å². The molecule has 0 spiro atoms. The Morgan fingerprint density at radius 3 is 1.02 bits per heavy atom. The van der Waals surface area contributed by atoms with Crippen molar-refractivity contribution in [3.8, 4) is 0 Å². The molecule has 2 nitrogen and oxygen atoms in total. The van der Waals surface area contributed by atoms with Crippen LogP contribution >= 0.6 is 0 Å². The van der Waals surface area contributed by atoms with Gasteiger partial charge in [0.25, 0.3) is 0 Å². The van der Waals surface area contributed by atoms with Gasteiger partial charge in [0.2, 0.25) is 0 Å². The Hall–Kier alpha value is -4.30. The zero-order valence-corrected chi connectivity index (χ0v) is 35.1. The molecule has 2 aliphatic rings. The monoisotopic (exact) mass is 708 g/mol. The van der Waals surface area contributed by atoms with Crippen LogP contribution in [0.2, 0.25) is 0 Å². The lowest BCUT2D eigenvalue weighted by atomic mass is 9.82. The Labute approximate surface area is 320 Å². The van der Waals surface area contributed by atoms with Gasteiger partial charge >= 0.3 is 0 Å². The molecule has 0 aliphatic heterocycles. The van der Waals surface area contributed by atoms with Gasteiger partial charge in [0.15, 0.2) is 0 Å². The molecule has 0 atom stereocenters. The van der Waals surface area contributed by atoms with Crippen LogP contribution < -0.4 is 0 Å². The highest BCUT2D eigenvalue weighted by molar-refractivity contribution is 6.45. The third-order valence-corrected chi connectivity index (χ3v) is 14.6. The maximum Gasteiger partial charge on any atom is 0.0634 e. The molecule has 0 bridgehead atoms. The Kier molecular flexibility index (Phi) is 5.64. The molecule has 2 aliphatic carbocycles. The van der Waals surface area contributed by atoms with Crippen molar-refractivity contribution in [2.24, 2.45) is 0 Å². The zero-order chi connectivity index (χ0) is 38.2. The number of aromatic nitrogens is 2. The summed E-state index contributed by atoms with van der Waals surface area (Å²) >= 11 is 0. The number of hydrogen-bond donors (Lipinski definition) is 0. The normalized spacial score (nSPS) is 19.4. The molecule has 5 aromatic carbocycles. The van der Waals surface area contributed by atoms with Gasteiger partial charge in [0, 0.05) is 43.1 Å². The van der Waals surface area contributed by atoms with E-state index in [0.29, 0.717) is 0 Å². The molecule has 0 radical (unpaired) electrons. The number of hydrogen-bond acceptors (Lipinski definition) is 0. The second-order valence-electron chi connectivity index (χ2n) is 22.6. The van der Waals surface area contributed by atoms with Crippen LogP contribution in [-0.4, -0.2) is 8.80 Å². The summed E-state index contributed by atoms with van der Waals surface area (Å²) in [5, 5.41) is 11.3. The van der Waals surface area contributed by atoms with Crippen LogP contribution in [0.25, 0.3) is 76.2 Å². The summed E-state index contributed by atoms with van der Waals surface area (Å²) in [5.41, 5.74) is 17.7. The standard InChI is InChI=1S/C52H56N2/c1-47(2,3)27-15-17-29-37(19-27)53-39-23-35-33(49(7,8)25-51(35,11)12)21-31(39)44-42-30-18-16-28(48(4,5)6)20-38(30)54-40-24-36-34(50(9,10)26-52(36,13)14)22-32(40)43(46(42)54)41(29)45(44)53/h15-24H,25-26H2,1-14H3. The van der Waals surface area contributed by atoms with Crippen molar-refractivity contribution in [2.45, 2.75) is 142 Å². The quantitative estimate of drug-likeness (QED) is 0.148. The molecule has 0 unspecified atom stereocenters. The van der Waals surface area contributed by atoms with Gasteiger partial charge in [-0.25, -0.2) is 0 Å². The van der Waals surface area contributed by atoms with Crippen molar-refractivity contribution in [2.75, 3.05) is 0 Å². The Bertz CT molecular complexity index is 2940. The molecule has 2 heteroatoms. The second kappa shape index (κ2) is 9.21. The summed E-state index contributed by atoms with van der Waals surface area (Å²) in [6, 6.07) is 25.3. The molecule has 11 rings (SSSR count). The van der Waals surface area contributed by atoms with Crippen molar-refractivity contribution >= 4 is 76.2 Å². The van der Waals surface area contributed by atoms with Gasteiger partial charge in [0.05, 0.1) is 33.1 Å². The maximum absolute atomic E-state index is 2.70. The fourth-order valence-electron chi connectivity index (χ4n) is 12.5. The fourth-order valence-corrected chi connectivity index (χ4v) is 12.5. The SMILES string of the molecule is CC(C)(C)c1ccc2c3c4c5cc6c(cc5n5c7cc(C(C)(C)C)ccc7c(c7c8cc9c(cc8n(c2c1)c37)C(C)(C)CC9(C)C)c45)C(C)(C)CC6(C)C. The van der Waals surface area contributed by atoms with Crippen LogP contribution in [0.15, 0.2) is 60.7 Å². The Morgan fingerprint density at radius 1 is 0.389 bits per heavy atom. The van der Waals surface area contributed by atoms with Crippen molar-refractivity contribution < 1.29 is 0 Å². The third-order valence-electron chi connectivity index (χ3n) is 14.6. The Balaban J connectivity index is 1.48. The van der Waals surface area contributed by atoms with Crippen LogP contribution in [-0.2, 0) is 32.5 Å². The molecule has 9 aromatic rings. The predicted molar refractivity (Wildman–Crippen MR) is 234 cm³/mol. The highest BCUT2D eigenvalue weighted by atomic mass is 14.9. The largest absolute Gasteiger partial charge is 0.308 e. The Morgan fingerprint density at radius 2 is 0.685 bits per heavy atom. The molecule has 0 N–H and O–H groups in total. The van der Waals surface area contributed by atoms with E-state index in [4.69, 9.17) is 0 Å². The lowest BCUT2D eigenvalue weighted by Gasteiger charge is -2.22. The molecule has 0 saturated heterocycles. The van der Waals surface area contributed by atoms with E-state index >= 15 is 0 Å². The summed E-state index contributed by atoms with van der Waals surface area (Å²) in [5.74, 6) is 0. The van der Waals surface area contributed by atoms with Crippen molar-refractivity contribution in [1.29, 1.82) is 0 Å². The average Bonchev–Trinajstić information content (AvgIpc) is 3.82. The van der Waals surface area contributed by atoms with Crippen LogP contribution in [0.3, 0.4) is 0 Å². The topological polar surface area (TPSA) is 8.82 Å². The molecule has 274 valence electrons. The first-order valence-corrected chi connectivity index (χ1v) is 20.5. The summed E-state index contributed by atoms with van der Waals surface area (Å²) in [7, 11) is 0. The third kappa shape index (κ3) is 3.79. The van der Waals surface area contributed by atoms with Crippen molar-refractivity contribution in [3.63, 3.8) is 0 Å². The van der Waals surface area contributed by atoms with E-state index in [9.17, 15) is 0 Å². The summed E-state index contributed by atoms with van der Waals surface area (Å²) in [4.78, 5) is 0. The second-order valence-corrected chi connectivity index (χ2v) is 22.6. The minimum atomic E-state index is 0.0454. The van der Waals surface area contributed by atoms with Gasteiger partial charge in [-0.2, -0.15) is 0 Å². The van der Waals surface area contributed by atoms with Crippen LogP contribution in [0, 0.1) is 0 Å². The molecule has 54 heavy (non-hydrogen) atoms. The number of nitrogens with zero attached hydrogens (tertiary/aromatic N) is 2. The van der Waals surface area contributed by atoms with E-state index < -0.39 is 0 Å². The molecule has 0 fully saturated rings. The van der Waals surface area contributed by atoms with E-state index in [1.165, 1.54) is 110 Å². The predicted octanol–water partition coefficient (Wildman–Crippen LogP) is 14.5. The van der Waals surface area contributed by atoms with Gasteiger partial charge in [-0.15, -0.1) is 0 Å².